The number of nitrogens with one attached hydrogen (secondary N) is 1. The molecule has 1 aliphatic rings. The predicted octanol–water partition coefficient (Wildman–Crippen LogP) is 4.21. The summed E-state index contributed by atoms with van der Waals surface area (Å²) in [5, 5.41) is 4.59. The Labute approximate surface area is 106 Å². The Morgan fingerprint density at radius 1 is 1.41 bits per heavy atom. The highest BCUT2D eigenvalue weighted by atomic mass is 32.1. The summed E-state index contributed by atoms with van der Waals surface area (Å²) in [7, 11) is 0. The van der Waals surface area contributed by atoms with Crippen molar-refractivity contribution < 1.29 is 0 Å². The normalized spacial score (nSPS) is 17.3. The van der Waals surface area contributed by atoms with Gasteiger partial charge in [-0.2, -0.15) is 0 Å². The highest BCUT2D eigenvalue weighted by Crippen LogP contribution is 2.48. The summed E-state index contributed by atoms with van der Waals surface area (Å²) in [5.74, 6) is 0. The fourth-order valence-electron chi connectivity index (χ4n) is 2.20. The van der Waals surface area contributed by atoms with E-state index in [1.54, 1.807) is 11.3 Å². The topological polar surface area (TPSA) is 24.9 Å². The Kier molecular flexibility index (Phi) is 2.58. The molecule has 0 unspecified atom stereocenters. The standard InChI is InChI=1S/C14H18N2S/c1-3-14(6-7-14)9-15-13-16-11-5-4-10(2)8-12(11)17-13/h4-5,8H,3,6-7,9H2,1-2H3,(H,15,16). The Hall–Kier alpha value is -1.09. The van der Waals surface area contributed by atoms with Crippen molar-refractivity contribution in [2.75, 3.05) is 11.9 Å². The van der Waals surface area contributed by atoms with Crippen molar-refractivity contribution in [3.05, 3.63) is 23.8 Å². The molecule has 2 nitrogen and oxygen atoms in total. The molecule has 0 amide bonds. The van der Waals surface area contributed by atoms with Crippen molar-refractivity contribution in [2.45, 2.75) is 33.1 Å². The molecule has 1 aromatic heterocycles. The molecule has 1 N–H and O–H groups in total. The van der Waals surface area contributed by atoms with E-state index in [1.165, 1.54) is 29.5 Å². The molecule has 1 fully saturated rings. The summed E-state index contributed by atoms with van der Waals surface area (Å²) in [6.45, 7) is 5.50. The highest BCUT2D eigenvalue weighted by Gasteiger charge is 2.40. The number of hydrogen-bond acceptors (Lipinski definition) is 3. The van der Waals surface area contributed by atoms with Crippen LogP contribution in [0.25, 0.3) is 10.2 Å². The van der Waals surface area contributed by atoms with E-state index in [2.05, 4.69) is 42.3 Å². The van der Waals surface area contributed by atoms with Crippen molar-refractivity contribution >= 4 is 26.7 Å². The minimum absolute atomic E-state index is 0.577. The first-order valence-electron chi connectivity index (χ1n) is 6.32. The van der Waals surface area contributed by atoms with Crippen LogP contribution in [0, 0.1) is 12.3 Å². The van der Waals surface area contributed by atoms with E-state index >= 15 is 0 Å². The van der Waals surface area contributed by atoms with E-state index in [9.17, 15) is 0 Å². The molecule has 1 heterocycles. The monoisotopic (exact) mass is 246 g/mol. The summed E-state index contributed by atoms with van der Waals surface area (Å²) < 4.78 is 1.29. The van der Waals surface area contributed by atoms with Gasteiger partial charge in [-0.05, 0) is 49.3 Å². The number of aromatic nitrogens is 1. The first kappa shape index (κ1) is 11.0. The molecular weight excluding hydrogens is 228 g/mol. The predicted molar refractivity (Wildman–Crippen MR) is 74.8 cm³/mol. The fraction of sp³-hybridized carbons (Fsp3) is 0.500. The number of rotatable bonds is 4. The zero-order chi connectivity index (χ0) is 11.9. The second-order valence-corrected chi connectivity index (χ2v) is 6.23. The smallest absolute Gasteiger partial charge is 0.183 e. The molecule has 3 heteroatoms. The van der Waals surface area contributed by atoms with Gasteiger partial charge in [0.15, 0.2) is 5.13 Å². The average Bonchev–Trinajstić information content (AvgIpc) is 3.00. The highest BCUT2D eigenvalue weighted by molar-refractivity contribution is 7.22. The Morgan fingerprint density at radius 3 is 2.94 bits per heavy atom. The van der Waals surface area contributed by atoms with Gasteiger partial charge in [-0.15, -0.1) is 0 Å². The lowest BCUT2D eigenvalue weighted by atomic mass is 10.0. The zero-order valence-electron chi connectivity index (χ0n) is 10.4. The Bertz CT molecular complexity index is 540. The first-order valence-corrected chi connectivity index (χ1v) is 7.13. The van der Waals surface area contributed by atoms with E-state index < -0.39 is 0 Å². The van der Waals surface area contributed by atoms with Crippen LogP contribution >= 0.6 is 11.3 Å². The van der Waals surface area contributed by atoms with E-state index in [1.807, 2.05) is 0 Å². The maximum atomic E-state index is 4.63. The van der Waals surface area contributed by atoms with Gasteiger partial charge in [0, 0.05) is 6.54 Å². The number of benzene rings is 1. The lowest BCUT2D eigenvalue weighted by Crippen LogP contribution is -2.13. The van der Waals surface area contributed by atoms with Crippen LogP contribution in [0.15, 0.2) is 18.2 Å². The van der Waals surface area contributed by atoms with Gasteiger partial charge in [-0.3, -0.25) is 0 Å². The van der Waals surface area contributed by atoms with Crippen LogP contribution in [0.5, 0.6) is 0 Å². The van der Waals surface area contributed by atoms with Crippen molar-refractivity contribution in [3.63, 3.8) is 0 Å². The molecule has 17 heavy (non-hydrogen) atoms. The SMILES string of the molecule is CCC1(CNc2nc3ccc(C)cc3s2)CC1. The van der Waals surface area contributed by atoms with Gasteiger partial charge in [-0.1, -0.05) is 24.3 Å². The minimum atomic E-state index is 0.577. The van der Waals surface area contributed by atoms with Crippen LogP contribution in [0.2, 0.25) is 0 Å². The van der Waals surface area contributed by atoms with E-state index in [0.717, 1.165) is 17.2 Å². The van der Waals surface area contributed by atoms with Crippen molar-refractivity contribution in [1.29, 1.82) is 0 Å². The lowest BCUT2D eigenvalue weighted by molar-refractivity contribution is 0.521. The van der Waals surface area contributed by atoms with Gasteiger partial charge < -0.3 is 5.32 Å². The van der Waals surface area contributed by atoms with E-state index in [0.29, 0.717) is 5.41 Å². The van der Waals surface area contributed by atoms with Gasteiger partial charge in [0.05, 0.1) is 10.2 Å². The fourth-order valence-corrected chi connectivity index (χ4v) is 3.16. The number of aryl methyl sites for hydroxylation is 1. The summed E-state index contributed by atoms with van der Waals surface area (Å²) in [4.78, 5) is 4.63. The van der Waals surface area contributed by atoms with Crippen molar-refractivity contribution in [3.8, 4) is 0 Å². The second kappa shape index (κ2) is 3.98. The van der Waals surface area contributed by atoms with Crippen molar-refractivity contribution in [2.24, 2.45) is 5.41 Å². The van der Waals surface area contributed by atoms with Crippen LogP contribution in [0.3, 0.4) is 0 Å². The van der Waals surface area contributed by atoms with Crippen LogP contribution in [-0.2, 0) is 0 Å². The molecule has 0 saturated heterocycles. The first-order chi connectivity index (χ1) is 8.21. The zero-order valence-corrected chi connectivity index (χ0v) is 11.2. The van der Waals surface area contributed by atoms with Crippen LogP contribution in [0.1, 0.15) is 31.7 Å². The van der Waals surface area contributed by atoms with Crippen LogP contribution < -0.4 is 5.32 Å². The van der Waals surface area contributed by atoms with Crippen LogP contribution in [-0.4, -0.2) is 11.5 Å². The van der Waals surface area contributed by atoms with E-state index in [-0.39, 0.29) is 0 Å². The third-order valence-corrected chi connectivity index (χ3v) is 4.84. The Morgan fingerprint density at radius 2 is 2.24 bits per heavy atom. The molecule has 1 aliphatic carbocycles. The van der Waals surface area contributed by atoms with Gasteiger partial charge in [-0.25, -0.2) is 4.98 Å². The summed E-state index contributed by atoms with van der Waals surface area (Å²) in [6.07, 6.45) is 4.03. The lowest BCUT2D eigenvalue weighted by Gasteiger charge is -2.11. The number of anilines is 1. The molecule has 0 atom stereocenters. The third-order valence-electron chi connectivity index (χ3n) is 3.87. The van der Waals surface area contributed by atoms with Gasteiger partial charge in [0.2, 0.25) is 0 Å². The summed E-state index contributed by atoms with van der Waals surface area (Å²) >= 11 is 1.77. The average molecular weight is 246 g/mol. The quantitative estimate of drug-likeness (QED) is 0.874. The van der Waals surface area contributed by atoms with Crippen molar-refractivity contribution in [1.82, 2.24) is 4.98 Å². The molecule has 90 valence electrons. The largest absolute Gasteiger partial charge is 0.361 e. The van der Waals surface area contributed by atoms with E-state index in [4.69, 9.17) is 0 Å². The minimum Gasteiger partial charge on any atom is -0.361 e. The number of nitrogens with zero attached hydrogens (tertiary/aromatic N) is 1. The molecule has 0 bridgehead atoms. The van der Waals surface area contributed by atoms with Crippen LogP contribution in [0.4, 0.5) is 5.13 Å². The molecule has 1 saturated carbocycles. The number of thiazole rings is 1. The molecular formula is C14H18N2S. The molecule has 0 radical (unpaired) electrons. The Balaban J connectivity index is 1.77. The molecule has 2 aromatic rings. The van der Waals surface area contributed by atoms with Gasteiger partial charge in [0.1, 0.15) is 0 Å². The van der Waals surface area contributed by atoms with Gasteiger partial charge in [0.25, 0.3) is 0 Å². The molecule has 0 spiro atoms. The van der Waals surface area contributed by atoms with Gasteiger partial charge >= 0.3 is 0 Å². The molecule has 1 aromatic carbocycles. The number of fused-ring (bicyclic) bond motifs is 1. The maximum Gasteiger partial charge on any atom is 0.183 e. The third kappa shape index (κ3) is 2.16. The maximum absolute atomic E-state index is 4.63. The summed E-state index contributed by atoms with van der Waals surface area (Å²) in [5.41, 5.74) is 3.00. The molecule has 3 rings (SSSR count). The summed E-state index contributed by atoms with van der Waals surface area (Å²) in [6, 6.07) is 6.45. The molecule has 0 aliphatic heterocycles. The second-order valence-electron chi connectivity index (χ2n) is 5.20. The number of hydrogen-bond donors (Lipinski definition) is 1.